The minimum absolute atomic E-state index is 0.0117. The molecular weight excluding hydrogens is 430 g/mol. The number of rotatable bonds is 4. The molecule has 2 heterocycles. The molecular formula is C26H23N5O3. The fourth-order valence-corrected chi connectivity index (χ4v) is 4.20. The molecule has 1 saturated heterocycles. The number of nitrogens with one attached hydrogen (secondary N) is 1. The average molecular weight is 454 g/mol. The standard InChI is InChI=1S/C26H23N5O3/c27-23(32)20-7-4-8-21-22(20)29-24(28-21)17-9-11-19(12-10-17)26(34)31-15-13-30(14-16-31)25(33)18-5-2-1-3-6-18/h1-12H,13-16H2,(H2,27,32)(H,28,29). The summed E-state index contributed by atoms with van der Waals surface area (Å²) >= 11 is 0. The Balaban J connectivity index is 1.27. The molecule has 8 heteroatoms. The summed E-state index contributed by atoms with van der Waals surface area (Å²) in [5.74, 6) is -0.0211. The normalized spacial score (nSPS) is 13.8. The van der Waals surface area contributed by atoms with E-state index < -0.39 is 5.91 Å². The zero-order chi connectivity index (χ0) is 23.7. The lowest BCUT2D eigenvalue weighted by molar-refractivity contribution is 0.0535. The lowest BCUT2D eigenvalue weighted by Crippen LogP contribution is -2.50. The second kappa shape index (κ2) is 8.82. The van der Waals surface area contributed by atoms with Gasteiger partial charge in [-0.15, -0.1) is 0 Å². The van der Waals surface area contributed by atoms with Crippen molar-refractivity contribution in [3.63, 3.8) is 0 Å². The number of carbonyl (C=O) groups is 3. The summed E-state index contributed by atoms with van der Waals surface area (Å²) in [4.78, 5) is 48.6. The van der Waals surface area contributed by atoms with Crippen LogP contribution in [0.4, 0.5) is 0 Å². The number of imidazole rings is 1. The van der Waals surface area contributed by atoms with E-state index in [9.17, 15) is 14.4 Å². The van der Waals surface area contributed by atoms with Crippen LogP contribution in [0.1, 0.15) is 31.1 Å². The van der Waals surface area contributed by atoms with Gasteiger partial charge >= 0.3 is 0 Å². The van der Waals surface area contributed by atoms with Crippen molar-refractivity contribution in [2.24, 2.45) is 5.73 Å². The third-order valence-electron chi connectivity index (χ3n) is 6.06. The van der Waals surface area contributed by atoms with E-state index in [2.05, 4.69) is 9.97 Å². The smallest absolute Gasteiger partial charge is 0.253 e. The highest BCUT2D eigenvalue weighted by molar-refractivity contribution is 6.04. The summed E-state index contributed by atoms with van der Waals surface area (Å²) < 4.78 is 0. The van der Waals surface area contributed by atoms with Crippen LogP contribution in [0.2, 0.25) is 0 Å². The van der Waals surface area contributed by atoms with Crippen LogP contribution in [0.15, 0.2) is 72.8 Å². The zero-order valence-electron chi connectivity index (χ0n) is 18.4. The van der Waals surface area contributed by atoms with Crippen molar-refractivity contribution in [2.45, 2.75) is 0 Å². The third kappa shape index (κ3) is 4.01. The zero-order valence-corrected chi connectivity index (χ0v) is 18.4. The first-order chi connectivity index (χ1) is 16.5. The van der Waals surface area contributed by atoms with Crippen LogP contribution in [-0.2, 0) is 0 Å². The van der Waals surface area contributed by atoms with Crippen molar-refractivity contribution in [3.8, 4) is 11.4 Å². The summed E-state index contributed by atoms with van der Waals surface area (Å²) in [5.41, 5.74) is 9.07. The predicted molar refractivity (Wildman–Crippen MR) is 128 cm³/mol. The average Bonchev–Trinajstić information content (AvgIpc) is 3.33. The summed E-state index contributed by atoms with van der Waals surface area (Å²) in [6.45, 7) is 1.97. The van der Waals surface area contributed by atoms with Gasteiger partial charge in [-0.2, -0.15) is 0 Å². The summed E-state index contributed by atoms with van der Waals surface area (Å²) in [7, 11) is 0. The molecule has 1 aliphatic heterocycles. The van der Waals surface area contributed by atoms with Crippen molar-refractivity contribution in [1.82, 2.24) is 19.8 Å². The first kappa shape index (κ1) is 21.4. The number of fused-ring (bicyclic) bond motifs is 1. The molecule has 34 heavy (non-hydrogen) atoms. The van der Waals surface area contributed by atoms with E-state index in [4.69, 9.17) is 5.73 Å². The lowest BCUT2D eigenvalue weighted by atomic mass is 10.1. The Morgan fingerprint density at radius 1 is 0.735 bits per heavy atom. The fraction of sp³-hybridized carbons (Fsp3) is 0.154. The molecule has 0 saturated carbocycles. The number of nitrogens with two attached hydrogens (primary N) is 1. The van der Waals surface area contributed by atoms with Crippen LogP contribution in [0.25, 0.3) is 22.4 Å². The van der Waals surface area contributed by atoms with Crippen LogP contribution < -0.4 is 5.73 Å². The van der Waals surface area contributed by atoms with Crippen molar-refractivity contribution < 1.29 is 14.4 Å². The van der Waals surface area contributed by atoms with E-state index >= 15 is 0 Å². The first-order valence-electron chi connectivity index (χ1n) is 11.0. The molecule has 0 atom stereocenters. The molecule has 0 unspecified atom stereocenters. The molecule has 4 aromatic rings. The quantitative estimate of drug-likeness (QED) is 0.495. The number of hydrogen-bond donors (Lipinski definition) is 2. The maximum absolute atomic E-state index is 13.0. The number of amides is 3. The number of hydrogen-bond acceptors (Lipinski definition) is 4. The van der Waals surface area contributed by atoms with E-state index in [1.54, 1.807) is 46.2 Å². The van der Waals surface area contributed by atoms with Gasteiger partial charge in [0.15, 0.2) is 0 Å². The number of benzene rings is 3. The maximum atomic E-state index is 13.0. The molecule has 0 bridgehead atoms. The molecule has 0 spiro atoms. The van der Waals surface area contributed by atoms with Gasteiger partial charge in [0.25, 0.3) is 17.7 Å². The monoisotopic (exact) mass is 453 g/mol. The van der Waals surface area contributed by atoms with Gasteiger partial charge in [0.1, 0.15) is 11.3 Å². The Morgan fingerprint density at radius 2 is 1.32 bits per heavy atom. The number of nitrogens with zero attached hydrogens (tertiary/aromatic N) is 3. The Kier molecular flexibility index (Phi) is 5.55. The van der Waals surface area contributed by atoms with Crippen molar-refractivity contribution in [3.05, 3.63) is 89.5 Å². The molecule has 1 aromatic heterocycles. The van der Waals surface area contributed by atoms with E-state index in [-0.39, 0.29) is 11.8 Å². The van der Waals surface area contributed by atoms with E-state index in [0.717, 1.165) is 11.1 Å². The molecule has 5 rings (SSSR count). The van der Waals surface area contributed by atoms with Gasteiger partial charge in [0.2, 0.25) is 0 Å². The van der Waals surface area contributed by atoms with Gasteiger partial charge in [-0.05, 0) is 36.4 Å². The first-order valence-corrected chi connectivity index (χ1v) is 11.0. The summed E-state index contributed by atoms with van der Waals surface area (Å²) in [6.07, 6.45) is 0. The van der Waals surface area contributed by atoms with Gasteiger partial charge in [-0.25, -0.2) is 4.98 Å². The van der Waals surface area contributed by atoms with Crippen molar-refractivity contribution >= 4 is 28.8 Å². The molecule has 3 aromatic carbocycles. The SMILES string of the molecule is NC(=O)c1cccc2[nH]c(-c3ccc(C(=O)N4CCN(C(=O)c5ccccc5)CC4)cc3)nc12. The second-order valence-electron chi connectivity index (χ2n) is 8.18. The molecule has 1 aliphatic rings. The van der Waals surface area contributed by atoms with Crippen LogP contribution >= 0.6 is 0 Å². The minimum Gasteiger partial charge on any atom is -0.366 e. The van der Waals surface area contributed by atoms with Gasteiger partial charge in [-0.1, -0.05) is 36.4 Å². The summed E-state index contributed by atoms with van der Waals surface area (Å²) in [6, 6.07) is 21.6. The second-order valence-corrected chi connectivity index (χ2v) is 8.18. The minimum atomic E-state index is -0.532. The Labute approximate surface area is 196 Å². The van der Waals surface area contributed by atoms with Crippen LogP contribution in [-0.4, -0.2) is 63.7 Å². The molecule has 0 aliphatic carbocycles. The Bertz CT molecular complexity index is 1370. The Hall–Kier alpha value is -4.46. The third-order valence-corrected chi connectivity index (χ3v) is 6.06. The number of H-pyrrole nitrogens is 1. The molecule has 3 N–H and O–H groups in total. The fourth-order valence-electron chi connectivity index (χ4n) is 4.20. The van der Waals surface area contributed by atoms with Crippen LogP contribution in [0, 0.1) is 0 Å². The van der Waals surface area contributed by atoms with E-state index in [1.165, 1.54) is 0 Å². The largest absolute Gasteiger partial charge is 0.366 e. The highest BCUT2D eigenvalue weighted by atomic mass is 16.2. The Morgan fingerprint density at radius 3 is 1.91 bits per heavy atom. The number of aromatic amines is 1. The van der Waals surface area contributed by atoms with E-state index in [1.807, 2.05) is 36.4 Å². The number of aromatic nitrogens is 2. The van der Waals surface area contributed by atoms with Crippen molar-refractivity contribution in [1.29, 1.82) is 0 Å². The highest BCUT2D eigenvalue weighted by Crippen LogP contribution is 2.23. The van der Waals surface area contributed by atoms with Crippen LogP contribution in [0.3, 0.4) is 0 Å². The van der Waals surface area contributed by atoms with Gasteiger partial charge < -0.3 is 20.5 Å². The lowest BCUT2D eigenvalue weighted by Gasteiger charge is -2.35. The van der Waals surface area contributed by atoms with E-state index in [0.29, 0.717) is 54.2 Å². The number of primary amides is 1. The molecule has 3 amide bonds. The number of carbonyl (C=O) groups excluding carboxylic acids is 3. The predicted octanol–water partition coefficient (Wildman–Crippen LogP) is 2.93. The van der Waals surface area contributed by atoms with Gasteiger partial charge in [0, 0.05) is 42.9 Å². The number of para-hydroxylation sites is 1. The van der Waals surface area contributed by atoms with Gasteiger partial charge in [-0.3, -0.25) is 14.4 Å². The highest BCUT2D eigenvalue weighted by Gasteiger charge is 2.25. The topological polar surface area (TPSA) is 112 Å². The molecule has 170 valence electrons. The molecule has 0 radical (unpaired) electrons. The number of piperazine rings is 1. The van der Waals surface area contributed by atoms with Crippen LogP contribution in [0.5, 0.6) is 0 Å². The van der Waals surface area contributed by atoms with Gasteiger partial charge in [0.05, 0.1) is 11.1 Å². The summed E-state index contributed by atoms with van der Waals surface area (Å²) in [5, 5.41) is 0. The molecule has 8 nitrogen and oxygen atoms in total. The maximum Gasteiger partial charge on any atom is 0.253 e. The molecule has 1 fully saturated rings. The van der Waals surface area contributed by atoms with Crippen molar-refractivity contribution in [2.75, 3.05) is 26.2 Å².